The summed E-state index contributed by atoms with van der Waals surface area (Å²) in [7, 11) is 0. The lowest BCUT2D eigenvalue weighted by molar-refractivity contribution is -0.143. The van der Waals surface area contributed by atoms with Crippen molar-refractivity contribution in [3.63, 3.8) is 0 Å². The maximum Gasteiger partial charge on any atom is 0.326 e. The fraction of sp³-hybridized carbons (Fsp3) is 0.312. The summed E-state index contributed by atoms with van der Waals surface area (Å²) in [5.74, 6) is -1.26. The van der Waals surface area contributed by atoms with Crippen LogP contribution in [-0.2, 0) is 4.79 Å². The number of halogens is 1. The van der Waals surface area contributed by atoms with Crippen molar-refractivity contribution < 1.29 is 14.7 Å². The fourth-order valence-electron chi connectivity index (χ4n) is 2.79. The predicted octanol–water partition coefficient (Wildman–Crippen LogP) is 2.61. The molecule has 1 N–H and O–H groups in total. The van der Waals surface area contributed by atoms with Crippen LogP contribution < -0.4 is 0 Å². The molecule has 1 atom stereocenters. The molecule has 1 aromatic heterocycles. The molecule has 0 spiro atoms. The molecule has 120 valence electrons. The highest BCUT2D eigenvalue weighted by atomic mass is 35.5. The molecule has 0 aliphatic carbocycles. The lowest BCUT2D eigenvalue weighted by atomic mass is 10.0. The Morgan fingerprint density at radius 1 is 1.30 bits per heavy atom. The van der Waals surface area contributed by atoms with Crippen molar-refractivity contribution in [2.45, 2.75) is 25.3 Å². The van der Waals surface area contributed by atoms with Crippen molar-refractivity contribution in [2.24, 2.45) is 0 Å². The van der Waals surface area contributed by atoms with Crippen molar-refractivity contribution in [3.8, 4) is 5.69 Å². The van der Waals surface area contributed by atoms with E-state index in [2.05, 4.69) is 5.10 Å². The van der Waals surface area contributed by atoms with Crippen LogP contribution in [0.5, 0.6) is 0 Å². The quantitative estimate of drug-likeness (QED) is 0.936. The van der Waals surface area contributed by atoms with Crippen LogP contribution in [0.25, 0.3) is 5.69 Å². The molecule has 1 aliphatic rings. The third-order valence-electron chi connectivity index (χ3n) is 3.95. The van der Waals surface area contributed by atoms with Gasteiger partial charge in [0.15, 0.2) is 0 Å². The van der Waals surface area contributed by atoms with Crippen LogP contribution in [0, 0.1) is 0 Å². The number of hydrogen-bond acceptors (Lipinski definition) is 3. The Hall–Kier alpha value is -2.34. The van der Waals surface area contributed by atoms with E-state index in [-0.39, 0.29) is 5.91 Å². The lowest BCUT2D eigenvalue weighted by Crippen LogP contribution is -2.47. The number of rotatable bonds is 3. The number of nitrogens with zero attached hydrogens (tertiary/aromatic N) is 3. The van der Waals surface area contributed by atoms with Gasteiger partial charge in [-0.25, -0.2) is 9.48 Å². The van der Waals surface area contributed by atoms with Crippen molar-refractivity contribution in [1.29, 1.82) is 0 Å². The molecule has 23 heavy (non-hydrogen) atoms. The molecular weight excluding hydrogens is 318 g/mol. The fourth-order valence-corrected chi connectivity index (χ4v) is 2.97. The van der Waals surface area contributed by atoms with E-state index in [1.165, 1.54) is 11.1 Å². The van der Waals surface area contributed by atoms with Crippen LogP contribution in [0.1, 0.15) is 29.6 Å². The molecule has 6 nitrogen and oxygen atoms in total. The largest absolute Gasteiger partial charge is 0.480 e. The number of hydrogen-bond donors (Lipinski definition) is 1. The normalized spacial score (nSPS) is 18.0. The summed E-state index contributed by atoms with van der Waals surface area (Å²) in [6, 6.07) is 6.36. The number of aliphatic carboxylic acids is 1. The molecule has 1 aromatic carbocycles. The number of benzene rings is 1. The number of carboxylic acids is 1. The smallest absolute Gasteiger partial charge is 0.326 e. The topological polar surface area (TPSA) is 75.4 Å². The Kier molecular flexibility index (Phi) is 4.34. The number of carbonyl (C=O) groups excluding carboxylic acids is 1. The Labute approximate surface area is 138 Å². The van der Waals surface area contributed by atoms with Gasteiger partial charge in [-0.05, 0) is 37.5 Å². The zero-order valence-electron chi connectivity index (χ0n) is 12.4. The lowest BCUT2D eigenvalue weighted by Gasteiger charge is -2.32. The van der Waals surface area contributed by atoms with Gasteiger partial charge >= 0.3 is 5.97 Å². The van der Waals surface area contributed by atoms with Gasteiger partial charge in [0, 0.05) is 17.8 Å². The molecule has 3 rings (SSSR count). The molecule has 0 radical (unpaired) electrons. The van der Waals surface area contributed by atoms with Crippen LogP contribution in [-0.4, -0.2) is 44.3 Å². The van der Waals surface area contributed by atoms with Crippen molar-refractivity contribution in [1.82, 2.24) is 14.7 Å². The van der Waals surface area contributed by atoms with Crippen molar-refractivity contribution in [3.05, 3.63) is 47.2 Å². The Balaban J connectivity index is 1.84. The molecule has 7 heteroatoms. The van der Waals surface area contributed by atoms with Gasteiger partial charge in [-0.3, -0.25) is 4.79 Å². The number of piperidine rings is 1. The third-order valence-corrected chi connectivity index (χ3v) is 4.19. The average molecular weight is 334 g/mol. The molecule has 1 fully saturated rings. The summed E-state index contributed by atoms with van der Waals surface area (Å²) in [6.45, 7) is 0.456. The van der Waals surface area contributed by atoms with E-state index in [0.717, 1.165) is 18.5 Å². The van der Waals surface area contributed by atoms with Crippen LogP contribution in [0.15, 0.2) is 36.7 Å². The number of carboxylic acid groups (broad SMARTS) is 1. The molecule has 2 aromatic rings. The highest BCUT2D eigenvalue weighted by molar-refractivity contribution is 6.30. The molecule has 2 heterocycles. The first-order chi connectivity index (χ1) is 11.1. The van der Waals surface area contributed by atoms with Gasteiger partial charge in [0.1, 0.15) is 6.04 Å². The van der Waals surface area contributed by atoms with Gasteiger partial charge in [0.2, 0.25) is 0 Å². The molecule has 0 unspecified atom stereocenters. The number of amides is 1. The summed E-state index contributed by atoms with van der Waals surface area (Å²) in [5.41, 5.74) is 1.11. The van der Waals surface area contributed by atoms with E-state index >= 15 is 0 Å². The van der Waals surface area contributed by atoms with E-state index in [0.29, 0.717) is 23.6 Å². The van der Waals surface area contributed by atoms with E-state index in [4.69, 9.17) is 11.6 Å². The minimum atomic E-state index is -0.958. The minimum absolute atomic E-state index is 0.301. The third kappa shape index (κ3) is 3.22. The first kappa shape index (κ1) is 15.6. The summed E-state index contributed by atoms with van der Waals surface area (Å²) < 4.78 is 1.55. The second-order valence-corrected chi connectivity index (χ2v) is 5.94. The number of carbonyl (C=O) groups is 2. The van der Waals surface area contributed by atoms with Gasteiger partial charge in [-0.2, -0.15) is 5.10 Å². The van der Waals surface area contributed by atoms with Gasteiger partial charge in [0.05, 0.1) is 17.4 Å². The zero-order valence-corrected chi connectivity index (χ0v) is 13.1. The number of likely N-dealkylation sites (tertiary alicyclic amines) is 1. The van der Waals surface area contributed by atoms with Gasteiger partial charge < -0.3 is 10.0 Å². The summed E-state index contributed by atoms with van der Waals surface area (Å²) in [5, 5.41) is 14.0. The first-order valence-electron chi connectivity index (χ1n) is 7.40. The Morgan fingerprint density at radius 3 is 2.87 bits per heavy atom. The molecule has 1 saturated heterocycles. The predicted molar refractivity (Wildman–Crippen MR) is 84.9 cm³/mol. The molecule has 0 saturated carbocycles. The molecular formula is C16H16ClN3O3. The van der Waals surface area contributed by atoms with Gasteiger partial charge in [-0.1, -0.05) is 17.7 Å². The van der Waals surface area contributed by atoms with E-state index in [9.17, 15) is 14.7 Å². The van der Waals surface area contributed by atoms with Crippen LogP contribution in [0.2, 0.25) is 5.02 Å². The molecule has 1 aliphatic heterocycles. The second kappa shape index (κ2) is 6.42. The van der Waals surface area contributed by atoms with Crippen LogP contribution >= 0.6 is 11.6 Å². The Bertz CT molecular complexity index is 744. The van der Waals surface area contributed by atoms with Gasteiger partial charge in [-0.15, -0.1) is 0 Å². The van der Waals surface area contributed by atoms with E-state index in [1.807, 2.05) is 6.07 Å². The molecule has 0 bridgehead atoms. The maximum atomic E-state index is 12.6. The standard InChI is InChI=1S/C16H16ClN3O3/c17-12-4-3-5-13(8-12)20-10-11(9-18-20)15(21)19-7-2-1-6-14(19)16(22)23/h3-5,8-10,14H,1-2,6-7H2,(H,22,23)/t14-/m1/s1. The first-order valence-corrected chi connectivity index (χ1v) is 7.78. The monoisotopic (exact) mass is 333 g/mol. The minimum Gasteiger partial charge on any atom is -0.480 e. The summed E-state index contributed by atoms with van der Waals surface area (Å²) in [4.78, 5) is 25.4. The number of aromatic nitrogens is 2. The van der Waals surface area contributed by atoms with Crippen molar-refractivity contribution in [2.75, 3.05) is 6.54 Å². The highest BCUT2D eigenvalue weighted by Gasteiger charge is 2.32. The van der Waals surface area contributed by atoms with Crippen LogP contribution in [0.3, 0.4) is 0 Å². The van der Waals surface area contributed by atoms with Gasteiger partial charge in [0.25, 0.3) is 5.91 Å². The van der Waals surface area contributed by atoms with E-state index < -0.39 is 12.0 Å². The zero-order chi connectivity index (χ0) is 16.4. The molecule has 1 amide bonds. The van der Waals surface area contributed by atoms with Crippen LogP contribution in [0.4, 0.5) is 0 Å². The maximum absolute atomic E-state index is 12.6. The second-order valence-electron chi connectivity index (χ2n) is 5.50. The van der Waals surface area contributed by atoms with E-state index in [1.54, 1.807) is 29.1 Å². The Morgan fingerprint density at radius 2 is 2.13 bits per heavy atom. The highest BCUT2D eigenvalue weighted by Crippen LogP contribution is 2.21. The average Bonchev–Trinajstić information content (AvgIpc) is 3.04. The SMILES string of the molecule is O=C(O)[C@H]1CCCCN1C(=O)c1cnn(-c2cccc(Cl)c2)c1. The summed E-state index contributed by atoms with van der Waals surface area (Å²) >= 11 is 5.96. The van der Waals surface area contributed by atoms with Crippen molar-refractivity contribution >= 4 is 23.5 Å². The summed E-state index contributed by atoms with van der Waals surface area (Å²) in [6.07, 6.45) is 5.18.